The number of nitrogens with one attached hydrogen (secondary N) is 1. The molecule has 0 spiro atoms. The van der Waals surface area contributed by atoms with Crippen molar-refractivity contribution in [3.05, 3.63) is 29.8 Å². The summed E-state index contributed by atoms with van der Waals surface area (Å²) in [6, 6.07) is 6.96. The Bertz CT molecular complexity index is 511. The summed E-state index contributed by atoms with van der Waals surface area (Å²) in [5.74, 6) is -1.02. The highest BCUT2D eigenvalue weighted by molar-refractivity contribution is 5.97. The molecule has 5 heteroatoms. The molecule has 0 aromatic heterocycles. The summed E-state index contributed by atoms with van der Waals surface area (Å²) in [6.07, 6.45) is 0.487. The quantitative estimate of drug-likeness (QED) is 0.774. The molecule has 0 radical (unpaired) electrons. The molecule has 0 bridgehead atoms. The van der Waals surface area contributed by atoms with E-state index >= 15 is 0 Å². The average molecular weight is 307 g/mol. The molecule has 1 aromatic rings. The number of benzene rings is 1. The van der Waals surface area contributed by atoms with Crippen LogP contribution in [0.15, 0.2) is 24.3 Å². The second-order valence-electron chi connectivity index (χ2n) is 6.04. The van der Waals surface area contributed by atoms with E-state index in [9.17, 15) is 14.7 Å². The van der Waals surface area contributed by atoms with Gasteiger partial charge in [0, 0.05) is 6.54 Å². The lowest BCUT2D eigenvalue weighted by Crippen LogP contribution is -2.34. The smallest absolute Gasteiger partial charge is 0.308 e. The molecule has 0 saturated heterocycles. The summed E-state index contributed by atoms with van der Waals surface area (Å²) in [5.41, 5.74) is 0.421. The van der Waals surface area contributed by atoms with Crippen molar-refractivity contribution >= 4 is 11.9 Å². The van der Waals surface area contributed by atoms with Crippen LogP contribution in [0.25, 0.3) is 0 Å². The molecule has 2 N–H and O–H groups in total. The second-order valence-corrected chi connectivity index (χ2v) is 6.04. The van der Waals surface area contributed by atoms with Crippen molar-refractivity contribution < 1.29 is 19.4 Å². The van der Waals surface area contributed by atoms with E-state index in [2.05, 4.69) is 5.32 Å². The molecule has 22 heavy (non-hydrogen) atoms. The summed E-state index contributed by atoms with van der Waals surface area (Å²) < 4.78 is 5.61. The molecule has 1 atom stereocenters. The second kappa shape index (κ2) is 8.41. The lowest BCUT2D eigenvalue weighted by molar-refractivity contribution is -0.142. The van der Waals surface area contributed by atoms with Crippen molar-refractivity contribution in [3.63, 3.8) is 0 Å². The van der Waals surface area contributed by atoms with E-state index < -0.39 is 11.9 Å². The first-order valence-electron chi connectivity index (χ1n) is 7.58. The predicted molar refractivity (Wildman–Crippen MR) is 85.1 cm³/mol. The van der Waals surface area contributed by atoms with Crippen molar-refractivity contribution in [1.29, 1.82) is 0 Å². The van der Waals surface area contributed by atoms with Crippen LogP contribution in [0, 0.1) is 11.8 Å². The van der Waals surface area contributed by atoms with Crippen LogP contribution in [-0.2, 0) is 4.79 Å². The Morgan fingerprint density at radius 3 is 2.36 bits per heavy atom. The summed E-state index contributed by atoms with van der Waals surface area (Å²) in [4.78, 5) is 23.5. The van der Waals surface area contributed by atoms with Gasteiger partial charge in [0.25, 0.3) is 5.91 Å². The van der Waals surface area contributed by atoms with Crippen LogP contribution in [0.1, 0.15) is 44.5 Å². The Labute approximate surface area is 131 Å². The summed E-state index contributed by atoms with van der Waals surface area (Å²) in [6.45, 7) is 7.81. The monoisotopic (exact) mass is 307 g/mol. The third-order valence-corrected chi connectivity index (χ3v) is 3.11. The first-order chi connectivity index (χ1) is 10.3. The topological polar surface area (TPSA) is 75.6 Å². The van der Waals surface area contributed by atoms with E-state index in [0.717, 1.165) is 0 Å². The van der Waals surface area contributed by atoms with Crippen LogP contribution in [0.5, 0.6) is 5.75 Å². The molecule has 0 fully saturated rings. The number of carbonyl (C=O) groups is 2. The van der Waals surface area contributed by atoms with E-state index in [-0.39, 0.29) is 24.5 Å². The molecule has 122 valence electrons. The standard InChI is InChI=1S/C17H25NO4/c1-11(2)9-13(17(20)21)10-18-16(19)14-7-5-6-8-15(14)22-12(3)4/h5-8,11-13H,9-10H2,1-4H3,(H,18,19)(H,20,21). The molecule has 1 unspecified atom stereocenters. The molecule has 1 aromatic carbocycles. The summed E-state index contributed by atoms with van der Waals surface area (Å²) >= 11 is 0. The largest absolute Gasteiger partial charge is 0.490 e. The molecule has 0 aliphatic heterocycles. The molecule has 0 heterocycles. The number of carbonyl (C=O) groups excluding carboxylic acids is 1. The van der Waals surface area contributed by atoms with Crippen LogP contribution in [0.4, 0.5) is 0 Å². The van der Waals surface area contributed by atoms with Gasteiger partial charge in [-0.2, -0.15) is 0 Å². The Balaban J connectivity index is 2.74. The predicted octanol–water partition coefficient (Wildman–Crippen LogP) is 2.95. The minimum absolute atomic E-state index is 0.0401. The lowest BCUT2D eigenvalue weighted by Gasteiger charge is -2.17. The Kier molecular flexibility index (Phi) is 6.89. The Morgan fingerprint density at radius 1 is 1.18 bits per heavy atom. The van der Waals surface area contributed by atoms with Gasteiger partial charge in [-0.1, -0.05) is 26.0 Å². The van der Waals surface area contributed by atoms with Gasteiger partial charge in [0.1, 0.15) is 5.75 Å². The maximum absolute atomic E-state index is 12.3. The molecule has 0 aliphatic rings. The van der Waals surface area contributed by atoms with Gasteiger partial charge in [-0.05, 0) is 38.3 Å². The zero-order chi connectivity index (χ0) is 16.7. The maximum atomic E-state index is 12.3. The zero-order valence-electron chi connectivity index (χ0n) is 13.6. The van der Waals surface area contributed by atoms with Gasteiger partial charge in [0.15, 0.2) is 0 Å². The molecular formula is C17H25NO4. The van der Waals surface area contributed by atoms with E-state index in [4.69, 9.17) is 4.74 Å². The van der Waals surface area contributed by atoms with E-state index in [1.165, 1.54) is 0 Å². The number of para-hydroxylation sites is 1. The van der Waals surface area contributed by atoms with Gasteiger partial charge < -0.3 is 15.2 Å². The van der Waals surface area contributed by atoms with Gasteiger partial charge in [-0.15, -0.1) is 0 Å². The highest BCUT2D eigenvalue weighted by Crippen LogP contribution is 2.19. The van der Waals surface area contributed by atoms with Gasteiger partial charge in [0.2, 0.25) is 0 Å². The fraction of sp³-hybridized carbons (Fsp3) is 0.529. The highest BCUT2D eigenvalue weighted by atomic mass is 16.5. The number of hydrogen-bond acceptors (Lipinski definition) is 3. The first kappa shape index (κ1) is 18.0. The van der Waals surface area contributed by atoms with E-state index in [1.54, 1.807) is 24.3 Å². The molecule has 0 saturated carbocycles. The minimum Gasteiger partial charge on any atom is -0.490 e. The van der Waals surface area contributed by atoms with Crippen LogP contribution >= 0.6 is 0 Å². The highest BCUT2D eigenvalue weighted by Gasteiger charge is 2.21. The number of aliphatic carboxylic acids is 1. The number of amides is 1. The number of rotatable bonds is 8. The minimum atomic E-state index is -0.888. The number of hydrogen-bond donors (Lipinski definition) is 2. The van der Waals surface area contributed by atoms with Gasteiger partial charge in [0.05, 0.1) is 17.6 Å². The van der Waals surface area contributed by atoms with Gasteiger partial charge >= 0.3 is 5.97 Å². The van der Waals surface area contributed by atoms with E-state index in [1.807, 2.05) is 27.7 Å². The third-order valence-electron chi connectivity index (χ3n) is 3.11. The van der Waals surface area contributed by atoms with Crippen molar-refractivity contribution in [2.75, 3.05) is 6.54 Å². The molecule has 5 nitrogen and oxygen atoms in total. The molecule has 1 rings (SSSR count). The first-order valence-corrected chi connectivity index (χ1v) is 7.58. The fourth-order valence-electron chi connectivity index (χ4n) is 2.16. The van der Waals surface area contributed by atoms with Crippen LogP contribution < -0.4 is 10.1 Å². The van der Waals surface area contributed by atoms with E-state index in [0.29, 0.717) is 17.7 Å². The Morgan fingerprint density at radius 2 is 1.82 bits per heavy atom. The van der Waals surface area contributed by atoms with Gasteiger partial charge in [-0.25, -0.2) is 0 Å². The molecular weight excluding hydrogens is 282 g/mol. The van der Waals surface area contributed by atoms with Crippen LogP contribution in [0.3, 0.4) is 0 Å². The van der Waals surface area contributed by atoms with Crippen molar-refractivity contribution in [2.24, 2.45) is 11.8 Å². The zero-order valence-corrected chi connectivity index (χ0v) is 13.6. The molecule has 1 amide bonds. The average Bonchev–Trinajstić information content (AvgIpc) is 2.42. The summed E-state index contributed by atoms with van der Waals surface area (Å²) in [7, 11) is 0. The summed E-state index contributed by atoms with van der Waals surface area (Å²) in [5, 5.41) is 11.9. The van der Waals surface area contributed by atoms with Crippen molar-refractivity contribution in [1.82, 2.24) is 5.32 Å². The third kappa shape index (κ3) is 5.76. The van der Waals surface area contributed by atoms with Crippen molar-refractivity contribution in [3.8, 4) is 5.75 Å². The number of ether oxygens (including phenoxy) is 1. The number of carboxylic acids is 1. The maximum Gasteiger partial charge on any atom is 0.308 e. The SMILES string of the molecule is CC(C)CC(CNC(=O)c1ccccc1OC(C)C)C(=O)O. The normalized spacial score (nSPS) is 12.3. The van der Waals surface area contributed by atoms with Crippen molar-refractivity contribution in [2.45, 2.75) is 40.2 Å². The van der Waals surface area contributed by atoms with Crippen LogP contribution in [-0.4, -0.2) is 29.6 Å². The molecule has 0 aliphatic carbocycles. The lowest BCUT2D eigenvalue weighted by atomic mass is 9.97. The fourth-order valence-corrected chi connectivity index (χ4v) is 2.16. The van der Waals surface area contributed by atoms with Crippen LogP contribution in [0.2, 0.25) is 0 Å². The Hall–Kier alpha value is -2.04. The number of carboxylic acid groups (broad SMARTS) is 1. The van der Waals surface area contributed by atoms with Gasteiger partial charge in [-0.3, -0.25) is 9.59 Å².